The van der Waals surface area contributed by atoms with Crippen molar-refractivity contribution in [3.8, 4) is 0 Å². The Labute approximate surface area is 597 Å². The molecule has 0 rings (SSSR count). The van der Waals surface area contributed by atoms with Crippen molar-refractivity contribution >= 4 is 39.5 Å². The largest absolute Gasteiger partial charge is 0.472 e. The number of phosphoric acid groups is 2. The molecule has 4 unspecified atom stereocenters. The van der Waals surface area contributed by atoms with Crippen LogP contribution in [-0.2, 0) is 65.4 Å². The summed E-state index contributed by atoms with van der Waals surface area (Å²) in [4.78, 5) is 72.9. The van der Waals surface area contributed by atoms with Crippen molar-refractivity contribution in [3.63, 3.8) is 0 Å². The normalized spacial score (nSPS) is 14.6. The number of carbonyl (C=O) groups is 4. The molecule has 0 aliphatic rings. The molecule has 6 atom stereocenters. The predicted octanol–water partition coefficient (Wildman–Crippen LogP) is 22.6. The minimum atomic E-state index is -4.97. The zero-order valence-electron chi connectivity index (χ0n) is 63.1. The number of esters is 4. The summed E-state index contributed by atoms with van der Waals surface area (Å²) in [6.07, 6.45) is 64.0. The first-order valence-electron chi connectivity index (χ1n) is 39.7. The molecule has 0 bridgehead atoms. The van der Waals surface area contributed by atoms with E-state index in [0.29, 0.717) is 31.6 Å². The Bertz CT molecular complexity index is 2080. The maximum Gasteiger partial charge on any atom is 0.472 e. The van der Waals surface area contributed by atoms with E-state index < -0.39 is 97.5 Å². The lowest BCUT2D eigenvalue weighted by molar-refractivity contribution is -0.161. The molecule has 0 fully saturated rings. The van der Waals surface area contributed by atoms with Crippen molar-refractivity contribution in [3.05, 3.63) is 48.6 Å². The number of aliphatic hydroxyl groups is 1. The molecule has 0 aromatic heterocycles. The van der Waals surface area contributed by atoms with Crippen molar-refractivity contribution in [2.24, 2.45) is 11.8 Å². The van der Waals surface area contributed by atoms with Crippen LogP contribution >= 0.6 is 15.6 Å². The highest BCUT2D eigenvalue weighted by atomic mass is 31.2. The highest BCUT2D eigenvalue weighted by Gasteiger charge is 2.30. The van der Waals surface area contributed by atoms with Crippen molar-refractivity contribution in [2.75, 3.05) is 39.6 Å². The Morgan fingerprint density at radius 3 is 0.908 bits per heavy atom. The zero-order chi connectivity index (χ0) is 72.1. The second-order valence-electron chi connectivity index (χ2n) is 27.8. The number of ether oxygens (including phenoxy) is 4. The molecule has 0 amide bonds. The molecular weight excluding hydrogens is 1280 g/mol. The molecule has 3 N–H and O–H groups in total. The summed E-state index contributed by atoms with van der Waals surface area (Å²) in [5.74, 6) is -0.632. The summed E-state index contributed by atoms with van der Waals surface area (Å²) in [6.45, 7) is 9.47. The second-order valence-corrected chi connectivity index (χ2v) is 30.7. The van der Waals surface area contributed by atoms with Gasteiger partial charge in [-0.05, 0) is 88.9 Å². The number of carbonyl (C=O) groups excluding carboxylic acids is 4. The first kappa shape index (κ1) is 95.0. The molecule has 0 aliphatic carbocycles. The molecule has 574 valence electrons. The Balaban J connectivity index is 5.32. The third kappa shape index (κ3) is 70.1. The minimum Gasteiger partial charge on any atom is -0.462 e. The number of phosphoric ester groups is 2. The fourth-order valence-electron chi connectivity index (χ4n) is 11.1. The van der Waals surface area contributed by atoms with E-state index in [1.165, 1.54) is 141 Å². The highest BCUT2D eigenvalue weighted by molar-refractivity contribution is 7.47. The zero-order valence-corrected chi connectivity index (χ0v) is 64.8. The van der Waals surface area contributed by atoms with Gasteiger partial charge in [-0.1, -0.05) is 308 Å². The number of hydrogen-bond donors (Lipinski definition) is 3. The fraction of sp³-hybridized carbons (Fsp3) is 0.848. The molecule has 98 heavy (non-hydrogen) atoms. The summed E-state index contributed by atoms with van der Waals surface area (Å²) in [6, 6.07) is 0. The summed E-state index contributed by atoms with van der Waals surface area (Å²) < 4.78 is 68.5. The lowest BCUT2D eigenvalue weighted by atomic mass is 9.99. The van der Waals surface area contributed by atoms with Crippen LogP contribution in [-0.4, -0.2) is 96.7 Å². The van der Waals surface area contributed by atoms with Gasteiger partial charge in [-0.3, -0.25) is 37.3 Å². The average molecular weight is 1430 g/mol. The molecule has 19 heteroatoms. The molecule has 0 aliphatic heterocycles. The molecule has 0 radical (unpaired) electrons. The Hall–Kier alpha value is -2.98. The first-order valence-corrected chi connectivity index (χ1v) is 42.7. The Kier molecular flexibility index (Phi) is 67.6. The number of hydrogen-bond acceptors (Lipinski definition) is 15. The molecule has 0 heterocycles. The summed E-state index contributed by atoms with van der Waals surface area (Å²) in [7, 11) is -9.94. The monoisotopic (exact) mass is 1430 g/mol. The van der Waals surface area contributed by atoms with Gasteiger partial charge in [-0.2, -0.15) is 0 Å². The van der Waals surface area contributed by atoms with Gasteiger partial charge in [-0.25, -0.2) is 9.13 Å². The van der Waals surface area contributed by atoms with Crippen molar-refractivity contribution in [1.82, 2.24) is 0 Å². The van der Waals surface area contributed by atoms with Gasteiger partial charge in [0, 0.05) is 25.7 Å². The summed E-state index contributed by atoms with van der Waals surface area (Å²) >= 11 is 0. The van der Waals surface area contributed by atoms with Gasteiger partial charge < -0.3 is 33.8 Å². The molecule has 0 aromatic rings. The SMILES string of the molecule is CCCCCC/C=C\C=C/CCCCCCCC(=O)OC[C@H](COP(=O)(O)OCC(O)COP(=O)(O)OC[C@@H](COC(=O)CCCCCCCCCC(C)C)OC(=O)CCCCCCC/C=C\C=C/CCCCCC)OC(=O)CCCCCCCCCCCCCCCCC(C)CC. The molecule has 0 saturated heterocycles. The lowest BCUT2D eigenvalue weighted by Crippen LogP contribution is -2.30. The van der Waals surface area contributed by atoms with Crippen molar-refractivity contribution < 1.29 is 80.2 Å². The quantitative estimate of drug-likeness (QED) is 0.0169. The average Bonchev–Trinajstić information content (AvgIpc) is 0.932. The second kappa shape index (κ2) is 69.7. The van der Waals surface area contributed by atoms with Crippen molar-refractivity contribution in [1.29, 1.82) is 0 Å². The van der Waals surface area contributed by atoms with Crippen LogP contribution in [0.4, 0.5) is 0 Å². The van der Waals surface area contributed by atoms with E-state index in [2.05, 4.69) is 90.2 Å². The summed E-state index contributed by atoms with van der Waals surface area (Å²) in [5, 5.41) is 10.6. The van der Waals surface area contributed by atoms with Crippen LogP contribution < -0.4 is 0 Å². The van der Waals surface area contributed by atoms with Crippen LogP contribution in [0, 0.1) is 11.8 Å². The van der Waals surface area contributed by atoms with E-state index in [-0.39, 0.29) is 25.7 Å². The van der Waals surface area contributed by atoms with Gasteiger partial charge in [0.05, 0.1) is 26.4 Å². The van der Waals surface area contributed by atoms with Crippen LogP contribution in [0.25, 0.3) is 0 Å². The Morgan fingerprint density at radius 2 is 0.602 bits per heavy atom. The van der Waals surface area contributed by atoms with Crippen LogP contribution in [0.15, 0.2) is 48.6 Å². The lowest BCUT2D eigenvalue weighted by Gasteiger charge is -2.21. The van der Waals surface area contributed by atoms with Gasteiger partial charge in [0.25, 0.3) is 0 Å². The standard InChI is InChI=1S/C79H146O17P2/c1-7-10-12-14-16-18-20-22-24-29-33-37-43-49-55-61-76(81)89-67-74(95-78(83)64-58-52-45-39-35-31-27-26-28-32-36-42-48-54-60-72(6)9-3)69-93-97(85,86)91-65-73(80)66-92-98(87,88)94-70-75(68-90-77(82)62-56-50-46-40-41-47-53-59-71(4)5)96-79(84)63-57-51-44-38-34-30-25-23-21-19-17-15-13-11-8-2/h18-25,71-75,80H,7-17,26-70H2,1-6H3,(H,85,86)(H,87,88)/b20-18-,21-19-,24-22-,25-23-/t72?,73?,74-,75-/m1/s1. The molecule has 17 nitrogen and oxygen atoms in total. The smallest absolute Gasteiger partial charge is 0.462 e. The predicted molar refractivity (Wildman–Crippen MR) is 400 cm³/mol. The van der Waals surface area contributed by atoms with Gasteiger partial charge in [0.15, 0.2) is 12.2 Å². The van der Waals surface area contributed by atoms with E-state index in [1.807, 2.05) is 0 Å². The van der Waals surface area contributed by atoms with E-state index in [4.69, 9.17) is 37.0 Å². The first-order chi connectivity index (χ1) is 47.4. The van der Waals surface area contributed by atoms with Crippen LogP contribution in [0.1, 0.15) is 363 Å². The number of aliphatic hydroxyl groups excluding tert-OH is 1. The maximum absolute atomic E-state index is 13.1. The van der Waals surface area contributed by atoms with Gasteiger partial charge in [0.2, 0.25) is 0 Å². The topological polar surface area (TPSA) is 237 Å². The van der Waals surface area contributed by atoms with Crippen LogP contribution in [0.2, 0.25) is 0 Å². The van der Waals surface area contributed by atoms with Crippen LogP contribution in [0.5, 0.6) is 0 Å². The number of rotatable bonds is 74. The van der Waals surface area contributed by atoms with E-state index in [1.54, 1.807) is 0 Å². The molecule has 0 spiro atoms. The highest BCUT2D eigenvalue weighted by Crippen LogP contribution is 2.45. The third-order valence-corrected chi connectivity index (χ3v) is 19.5. The van der Waals surface area contributed by atoms with E-state index >= 15 is 0 Å². The fourth-order valence-corrected chi connectivity index (χ4v) is 12.6. The third-order valence-electron chi connectivity index (χ3n) is 17.6. The molecule has 0 saturated carbocycles. The minimum absolute atomic E-state index is 0.0819. The molecular formula is C79H146O17P2. The van der Waals surface area contributed by atoms with Crippen LogP contribution in [0.3, 0.4) is 0 Å². The summed E-state index contributed by atoms with van der Waals surface area (Å²) in [5.41, 5.74) is 0. The number of unbranched alkanes of at least 4 members (excludes halogenated alkanes) is 37. The van der Waals surface area contributed by atoms with Crippen molar-refractivity contribution in [2.45, 2.75) is 381 Å². The van der Waals surface area contributed by atoms with Gasteiger partial charge >= 0.3 is 39.5 Å². The van der Waals surface area contributed by atoms with Gasteiger partial charge in [0.1, 0.15) is 19.3 Å². The number of allylic oxidation sites excluding steroid dienone is 8. The molecule has 0 aromatic carbocycles. The van der Waals surface area contributed by atoms with Gasteiger partial charge in [-0.15, -0.1) is 0 Å². The van der Waals surface area contributed by atoms with E-state index in [9.17, 15) is 43.2 Å². The maximum atomic E-state index is 13.1. The van der Waals surface area contributed by atoms with E-state index in [0.717, 1.165) is 134 Å². The Morgan fingerprint density at radius 1 is 0.337 bits per heavy atom.